The van der Waals surface area contributed by atoms with Crippen molar-refractivity contribution >= 4 is 21.6 Å². The lowest BCUT2D eigenvalue weighted by molar-refractivity contribution is 1.18. The van der Waals surface area contributed by atoms with Gasteiger partial charge in [0, 0.05) is 10.2 Å². The number of halogens is 1. The Morgan fingerprint density at radius 2 is 1.94 bits per heavy atom. The van der Waals surface area contributed by atoms with Gasteiger partial charge in [-0.2, -0.15) is 0 Å². The molecule has 0 saturated heterocycles. The first-order valence-corrected chi connectivity index (χ1v) is 6.04. The fourth-order valence-corrected chi connectivity index (χ4v) is 2.20. The van der Waals surface area contributed by atoms with Gasteiger partial charge in [0.2, 0.25) is 0 Å². The third-order valence-electron chi connectivity index (χ3n) is 2.58. The average molecular weight is 276 g/mol. The van der Waals surface area contributed by atoms with Crippen LogP contribution in [0.3, 0.4) is 0 Å². The zero-order valence-corrected chi connectivity index (χ0v) is 10.8. The van der Waals surface area contributed by atoms with Gasteiger partial charge in [0.05, 0.1) is 0 Å². The van der Waals surface area contributed by atoms with Crippen molar-refractivity contribution in [3.63, 3.8) is 0 Å². The summed E-state index contributed by atoms with van der Waals surface area (Å²) in [6, 6.07) is 14.5. The molecule has 1 nitrogen and oxygen atoms in total. The Bertz CT molecular complexity index is 506. The quantitative estimate of drug-likeness (QED) is 0.826. The van der Waals surface area contributed by atoms with E-state index in [1.807, 2.05) is 24.3 Å². The van der Waals surface area contributed by atoms with Crippen LogP contribution in [0.2, 0.25) is 0 Å². The summed E-state index contributed by atoms with van der Waals surface area (Å²) in [6.07, 6.45) is 0.882. The Morgan fingerprint density at radius 3 is 2.69 bits per heavy atom. The van der Waals surface area contributed by atoms with Crippen LogP contribution in [0.4, 0.5) is 5.69 Å². The summed E-state index contributed by atoms with van der Waals surface area (Å²) in [5.74, 6) is 0. The molecule has 0 bridgehead atoms. The van der Waals surface area contributed by atoms with Crippen LogP contribution in [0, 0.1) is 6.92 Å². The number of anilines is 1. The first kappa shape index (κ1) is 11.2. The number of rotatable bonds is 2. The maximum atomic E-state index is 5.96. The topological polar surface area (TPSA) is 26.0 Å². The van der Waals surface area contributed by atoms with Gasteiger partial charge in [-0.25, -0.2) is 0 Å². The molecule has 0 aromatic heterocycles. The first-order chi connectivity index (χ1) is 7.65. The van der Waals surface area contributed by atoms with Crippen LogP contribution in [0.1, 0.15) is 16.7 Å². The van der Waals surface area contributed by atoms with Gasteiger partial charge in [0.1, 0.15) is 0 Å². The standard InChI is InChI=1S/C14H14BrN/c1-10-5-6-14(16)12(7-10)8-11-3-2-4-13(15)9-11/h2-7,9H,8,16H2,1H3. The van der Waals surface area contributed by atoms with Crippen molar-refractivity contribution < 1.29 is 0 Å². The van der Waals surface area contributed by atoms with Crippen LogP contribution >= 0.6 is 15.9 Å². The van der Waals surface area contributed by atoms with Gasteiger partial charge in [0.25, 0.3) is 0 Å². The molecule has 82 valence electrons. The molecule has 0 unspecified atom stereocenters. The number of hydrogen-bond acceptors (Lipinski definition) is 1. The number of benzene rings is 2. The van der Waals surface area contributed by atoms with Crippen LogP contribution in [-0.2, 0) is 6.42 Å². The van der Waals surface area contributed by atoms with Crippen LogP contribution in [-0.4, -0.2) is 0 Å². The van der Waals surface area contributed by atoms with Gasteiger partial charge in [0.15, 0.2) is 0 Å². The summed E-state index contributed by atoms with van der Waals surface area (Å²) >= 11 is 3.48. The zero-order chi connectivity index (χ0) is 11.5. The fourth-order valence-electron chi connectivity index (χ4n) is 1.75. The van der Waals surface area contributed by atoms with E-state index in [-0.39, 0.29) is 0 Å². The summed E-state index contributed by atoms with van der Waals surface area (Å²) in [6.45, 7) is 2.09. The normalized spacial score (nSPS) is 10.4. The predicted molar refractivity (Wildman–Crippen MR) is 72.5 cm³/mol. The van der Waals surface area contributed by atoms with Gasteiger partial charge in [-0.05, 0) is 42.7 Å². The van der Waals surface area contributed by atoms with E-state index in [1.165, 1.54) is 16.7 Å². The van der Waals surface area contributed by atoms with Crippen molar-refractivity contribution in [3.05, 3.63) is 63.6 Å². The monoisotopic (exact) mass is 275 g/mol. The first-order valence-electron chi connectivity index (χ1n) is 5.24. The molecule has 0 fully saturated rings. The number of nitrogens with two attached hydrogens (primary N) is 1. The molecular formula is C14H14BrN. The molecule has 2 N–H and O–H groups in total. The minimum absolute atomic E-state index is 0.866. The van der Waals surface area contributed by atoms with Crippen LogP contribution < -0.4 is 5.73 Å². The Hall–Kier alpha value is -1.28. The van der Waals surface area contributed by atoms with E-state index in [0.29, 0.717) is 0 Å². The molecule has 0 saturated carbocycles. The highest BCUT2D eigenvalue weighted by atomic mass is 79.9. The van der Waals surface area contributed by atoms with E-state index in [4.69, 9.17) is 5.73 Å². The molecule has 2 rings (SSSR count). The molecule has 0 heterocycles. The summed E-state index contributed by atoms with van der Waals surface area (Å²) in [4.78, 5) is 0. The SMILES string of the molecule is Cc1ccc(N)c(Cc2cccc(Br)c2)c1. The van der Waals surface area contributed by atoms with Gasteiger partial charge >= 0.3 is 0 Å². The van der Waals surface area contributed by atoms with Gasteiger partial charge in [-0.3, -0.25) is 0 Å². The Labute approximate surface area is 104 Å². The minimum Gasteiger partial charge on any atom is -0.398 e. The molecule has 0 aliphatic rings. The van der Waals surface area contributed by atoms with Gasteiger partial charge in [-0.15, -0.1) is 0 Å². The predicted octanol–water partition coefficient (Wildman–Crippen LogP) is 3.93. The van der Waals surface area contributed by atoms with Gasteiger partial charge < -0.3 is 5.73 Å². The smallest absolute Gasteiger partial charge is 0.0350 e. The lowest BCUT2D eigenvalue weighted by Crippen LogP contribution is -1.96. The molecule has 2 aromatic carbocycles. The summed E-state index contributed by atoms with van der Waals surface area (Å²) in [5.41, 5.74) is 10.5. The summed E-state index contributed by atoms with van der Waals surface area (Å²) < 4.78 is 1.11. The van der Waals surface area contributed by atoms with Crippen molar-refractivity contribution in [2.75, 3.05) is 5.73 Å². The lowest BCUT2D eigenvalue weighted by atomic mass is 10.0. The molecule has 0 amide bonds. The van der Waals surface area contributed by atoms with Crippen LogP contribution in [0.5, 0.6) is 0 Å². The molecule has 16 heavy (non-hydrogen) atoms. The largest absolute Gasteiger partial charge is 0.398 e. The molecule has 0 aliphatic carbocycles. The third kappa shape index (κ3) is 2.64. The lowest BCUT2D eigenvalue weighted by Gasteiger charge is -2.07. The Kier molecular flexibility index (Phi) is 3.30. The van der Waals surface area contributed by atoms with E-state index in [2.05, 4.69) is 41.1 Å². The van der Waals surface area contributed by atoms with E-state index >= 15 is 0 Å². The highest BCUT2D eigenvalue weighted by Gasteiger charge is 2.01. The van der Waals surface area contributed by atoms with E-state index in [9.17, 15) is 0 Å². The van der Waals surface area contributed by atoms with Crippen molar-refractivity contribution in [1.82, 2.24) is 0 Å². The second kappa shape index (κ2) is 4.71. The number of aryl methyl sites for hydroxylation is 1. The fraction of sp³-hybridized carbons (Fsp3) is 0.143. The van der Waals surface area contributed by atoms with Crippen molar-refractivity contribution in [2.24, 2.45) is 0 Å². The Balaban J connectivity index is 2.30. The van der Waals surface area contributed by atoms with E-state index in [1.54, 1.807) is 0 Å². The maximum absolute atomic E-state index is 5.96. The third-order valence-corrected chi connectivity index (χ3v) is 3.08. The average Bonchev–Trinajstić information content (AvgIpc) is 2.24. The molecular weight excluding hydrogens is 262 g/mol. The summed E-state index contributed by atoms with van der Waals surface area (Å²) in [5, 5.41) is 0. The molecule has 2 aromatic rings. The number of hydrogen-bond donors (Lipinski definition) is 1. The summed E-state index contributed by atoms with van der Waals surface area (Å²) in [7, 11) is 0. The second-order valence-corrected chi connectivity index (χ2v) is 4.92. The van der Waals surface area contributed by atoms with E-state index in [0.717, 1.165) is 16.6 Å². The van der Waals surface area contributed by atoms with Crippen LogP contribution in [0.15, 0.2) is 46.9 Å². The zero-order valence-electron chi connectivity index (χ0n) is 9.20. The maximum Gasteiger partial charge on any atom is 0.0350 e. The Morgan fingerprint density at radius 1 is 1.12 bits per heavy atom. The van der Waals surface area contributed by atoms with Crippen LogP contribution in [0.25, 0.3) is 0 Å². The van der Waals surface area contributed by atoms with Gasteiger partial charge in [-0.1, -0.05) is 45.8 Å². The molecule has 0 radical (unpaired) electrons. The number of nitrogen functional groups attached to an aromatic ring is 1. The van der Waals surface area contributed by atoms with Crippen molar-refractivity contribution in [3.8, 4) is 0 Å². The molecule has 0 aliphatic heterocycles. The highest BCUT2D eigenvalue weighted by molar-refractivity contribution is 9.10. The molecule has 2 heteroatoms. The molecule has 0 spiro atoms. The minimum atomic E-state index is 0.866. The molecule has 0 atom stereocenters. The van der Waals surface area contributed by atoms with Crippen molar-refractivity contribution in [1.29, 1.82) is 0 Å². The van der Waals surface area contributed by atoms with Crippen molar-refractivity contribution in [2.45, 2.75) is 13.3 Å². The highest BCUT2D eigenvalue weighted by Crippen LogP contribution is 2.20. The second-order valence-electron chi connectivity index (χ2n) is 4.01. The van der Waals surface area contributed by atoms with E-state index < -0.39 is 0 Å².